The average molecular weight is 592 g/mol. The molecule has 1 aromatic heterocycles. The van der Waals surface area contributed by atoms with E-state index in [2.05, 4.69) is 11.6 Å². The van der Waals surface area contributed by atoms with Crippen molar-refractivity contribution >= 4 is 46.6 Å². The number of nitrogens with zero attached hydrogens (tertiary/aromatic N) is 2. The van der Waals surface area contributed by atoms with Gasteiger partial charge in [-0.2, -0.15) is 0 Å². The maximum atomic E-state index is 13.8. The van der Waals surface area contributed by atoms with Crippen LogP contribution in [0.3, 0.4) is 0 Å². The quantitative estimate of drug-likeness (QED) is 0.191. The SMILES string of the molecule is C=CCOC(=O)C1=C(C)N=c2sc(=Cc3ccc(Cl)cc3Cl)c(=O)n2C1c1ccc(OCc2ccccc2)cc1. The maximum absolute atomic E-state index is 13.8. The van der Waals surface area contributed by atoms with E-state index in [1.807, 2.05) is 54.6 Å². The van der Waals surface area contributed by atoms with Crippen molar-refractivity contribution in [2.24, 2.45) is 4.99 Å². The summed E-state index contributed by atoms with van der Waals surface area (Å²) in [5, 5.41) is 0.920. The second-order valence-corrected chi connectivity index (χ2v) is 10.8. The van der Waals surface area contributed by atoms with Crippen molar-refractivity contribution in [2.75, 3.05) is 6.61 Å². The van der Waals surface area contributed by atoms with E-state index in [-0.39, 0.29) is 17.7 Å². The Morgan fingerprint density at radius 3 is 2.55 bits per heavy atom. The first-order valence-electron chi connectivity index (χ1n) is 12.4. The number of carbonyl (C=O) groups is 1. The number of hydrogen-bond acceptors (Lipinski definition) is 6. The highest BCUT2D eigenvalue weighted by Crippen LogP contribution is 2.32. The molecule has 0 amide bonds. The third-order valence-corrected chi connectivity index (χ3v) is 7.81. The Hall–Kier alpha value is -3.91. The molecule has 0 spiro atoms. The van der Waals surface area contributed by atoms with Gasteiger partial charge >= 0.3 is 5.97 Å². The smallest absolute Gasteiger partial charge is 0.338 e. The van der Waals surface area contributed by atoms with Gasteiger partial charge in [0.05, 0.1) is 21.8 Å². The number of carbonyl (C=O) groups excluding carboxylic acids is 1. The minimum Gasteiger partial charge on any atom is -0.489 e. The fraction of sp³-hybridized carbons (Fsp3) is 0.129. The van der Waals surface area contributed by atoms with Crippen LogP contribution in [0.15, 0.2) is 107 Å². The van der Waals surface area contributed by atoms with E-state index >= 15 is 0 Å². The molecule has 6 nitrogen and oxygen atoms in total. The number of ether oxygens (including phenoxy) is 2. The van der Waals surface area contributed by atoms with Crippen LogP contribution in [0.1, 0.15) is 29.7 Å². The average Bonchev–Trinajstić information content (AvgIpc) is 3.26. The van der Waals surface area contributed by atoms with Crippen LogP contribution in [0.4, 0.5) is 0 Å². The summed E-state index contributed by atoms with van der Waals surface area (Å²) in [6.07, 6.45) is 3.20. The lowest BCUT2D eigenvalue weighted by atomic mass is 9.96. The van der Waals surface area contributed by atoms with Gasteiger partial charge in [-0.1, -0.05) is 95.7 Å². The molecule has 0 N–H and O–H groups in total. The van der Waals surface area contributed by atoms with Crippen LogP contribution in [-0.2, 0) is 16.1 Å². The Bertz CT molecular complexity index is 1790. The predicted molar refractivity (Wildman–Crippen MR) is 159 cm³/mol. The highest BCUT2D eigenvalue weighted by molar-refractivity contribution is 7.07. The van der Waals surface area contributed by atoms with Crippen LogP contribution in [0, 0.1) is 0 Å². The summed E-state index contributed by atoms with van der Waals surface area (Å²) in [4.78, 5) is 32.1. The minimum atomic E-state index is -0.750. The molecular weight excluding hydrogens is 567 g/mol. The number of halogens is 2. The summed E-state index contributed by atoms with van der Waals surface area (Å²) in [7, 11) is 0. The second-order valence-electron chi connectivity index (χ2n) is 8.98. The number of benzene rings is 3. The molecule has 0 bridgehead atoms. The lowest BCUT2D eigenvalue weighted by Gasteiger charge is -2.24. The summed E-state index contributed by atoms with van der Waals surface area (Å²) in [6.45, 7) is 5.81. The highest BCUT2D eigenvalue weighted by Gasteiger charge is 2.33. The molecule has 1 aliphatic rings. The molecule has 0 saturated carbocycles. The number of allylic oxidation sites excluding steroid dienone is 1. The molecule has 4 aromatic rings. The largest absolute Gasteiger partial charge is 0.489 e. The van der Waals surface area contributed by atoms with E-state index in [1.54, 1.807) is 31.2 Å². The highest BCUT2D eigenvalue weighted by atomic mass is 35.5. The Morgan fingerprint density at radius 1 is 1.10 bits per heavy atom. The third kappa shape index (κ3) is 5.82. The van der Waals surface area contributed by atoms with Gasteiger partial charge in [0, 0.05) is 10.0 Å². The lowest BCUT2D eigenvalue weighted by Crippen LogP contribution is -2.39. The predicted octanol–water partition coefficient (Wildman–Crippen LogP) is 5.85. The van der Waals surface area contributed by atoms with Gasteiger partial charge in [0.15, 0.2) is 4.80 Å². The molecule has 202 valence electrons. The molecule has 0 saturated heterocycles. The number of fused-ring (bicyclic) bond motifs is 1. The van der Waals surface area contributed by atoms with Crippen molar-refractivity contribution < 1.29 is 14.3 Å². The van der Waals surface area contributed by atoms with Crippen molar-refractivity contribution in [2.45, 2.75) is 19.6 Å². The molecule has 1 aliphatic heterocycles. The van der Waals surface area contributed by atoms with Gasteiger partial charge in [-0.25, -0.2) is 9.79 Å². The fourth-order valence-electron chi connectivity index (χ4n) is 4.36. The molecule has 40 heavy (non-hydrogen) atoms. The molecule has 3 aromatic carbocycles. The van der Waals surface area contributed by atoms with Crippen LogP contribution in [0.2, 0.25) is 10.0 Å². The molecule has 2 heterocycles. The van der Waals surface area contributed by atoms with Crippen molar-refractivity contribution in [3.63, 3.8) is 0 Å². The maximum Gasteiger partial charge on any atom is 0.338 e. The zero-order chi connectivity index (χ0) is 28.2. The molecule has 9 heteroatoms. The molecule has 1 atom stereocenters. The van der Waals surface area contributed by atoms with E-state index in [0.717, 1.165) is 5.56 Å². The van der Waals surface area contributed by atoms with Crippen LogP contribution in [0.25, 0.3) is 6.08 Å². The van der Waals surface area contributed by atoms with E-state index in [0.29, 0.717) is 48.6 Å². The molecule has 5 rings (SSSR count). The summed E-state index contributed by atoms with van der Waals surface area (Å²) in [6, 6.07) is 21.5. The summed E-state index contributed by atoms with van der Waals surface area (Å²) in [5.74, 6) is 0.0967. The number of esters is 1. The Kier molecular flexibility index (Phi) is 8.35. The van der Waals surface area contributed by atoms with Gasteiger partial charge in [-0.3, -0.25) is 9.36 Å². The number of thiazole rings is 1. The first-order valence-corrected chi connectivity index (χ1v) is 13.9. The summed E-state index contributed by atoms with van der Waals surface area (Å²) >= 11 is 13.6. The zero-order valence-electron chi connectivity index (χ0n) is 21.5. The lowest BCUT2D eigenvalue weighted by molar-refractivity contribution is -0.138. The zero-order valence-corrected chi connectivity index (χ0v) is 23.8. The van der Waals surface area contributed by atoms with Gasteiger partial charge in [-0.15, -0.1) is 0 Å². The van der Waals surface area contributed by atoms with Gasteiger partial charge in [-0.05, 0) is 54.0 Å². The summed E-state index contributed by atoms with van der Waals surface area (Å²) < 4.78 is 13.3. The van der Waals surface area contributed by atoms with E-state index in [9.17, 15) is 9.59 Å². The van der Waals surface area contributed by atoms with E-state index < -0.39 is 12.0 Å². The molecule has 1 unspecified atom stereocenters. The first-order chi connectivity index (χ1) is 19.4. The van der Waals surface area contributed by atoms with Crippen molar-refractivity contribution in [3.05, 3.63) is 143 Å². The fourth-order valence-corrected chi connectivity index (χ4v) is 5.86. The van der Waals surface area contributed by atoms with Gasteiger partial charge < -0.3 is 9.47 Å². The Labute approximate surface area is 244 Å². The molecule has 0 fully saturated rings. The van der Waals surface area contributed by atoms with Gasteiger partial charge in [0.2, 0.25) is 0 Å². The van der Waals surface area contributed by atoms with Crippen molar-refractivity contribution in [1.29, 1.82) is 0 Å². The normalized spacial score (nSPS) is 14.9. The third-order valence-electron chi connectivity index (χ3n) is 6.27. The Morgan fingerprint density at radius 2 is 1.85 bits per heavy atom. The van der Waals surface area contributed by atoms with E-state index in [4.69, 9.17) is 32.7 Å². The van der Waals surface area contributed by atoms with Crippen LogP contribution >= 0.6 is 34.5 Å². The monoisotopic (exact) mass is 590 g/mol. The van der Waals surface area contributed by atoms with Gasteiger partial charge in [0.25, 0.3) is 5.56 Å². The van der Waals surface area contributed by atoms with Gasteiger partial charge in [0.1, 0.15) is 19.0 Å². The van der Waals surface area contributed by atoms with E-state index in [1.165, 1.54) is 22.0 Å². The number of hydrogen-bond donors (Lipinski definition) is 0. The molecule has 0 radical (unpaired) electrons. The second kappa shape index (κ2) is 12.1. The topological polar surface area (TPSA) is 69.9 Å². The summed E-state index contributed by atoms with van der Waals surface area (Å²) in [5.41, 5.74) is 2.86. The van der Waals surface area contributed by atoms with Crippen LogP contribution in [0.5, 0.6) is 5.75 Å². The van der Waals surface area contributed by atoms with Crippen molar-refractivity contribution in [3.8, 4) is 5.75 Å². The molecular formula is C31H24Cl2N2O4S. The first kappa shape index (κ1) is 27.6. The van der Waals surface area contributed by atoms with Crippen LogP contribution in [-0.4, -0.2) is 17.1 Å². The van der Waals surface area contributed by atoms with Crippen LogP contribution < -0.4 is 19.6 Å². The Balaban J connectivity index is 1.57. The number of rotatable bonds is 8. The van der Waals surface area contributed by atoms with Crippen molar-refractivity contribution in [1.82, 2.24) is 4.57 Å². The standard InChI is InChI=1S/C31H24Cl2N2O4S/c1-3-15-38-30(37)27-19(2)34-31-35(29(36)26(40-31)16-22-9-12-23(32)17-25(22)33)28(27)21-10-13-24(14-11-21)39-18-20-7-5-4-6-8-20/h3-14,16-17,28H,1,15,18H2,2H3. The molecule has 0 aliphatic carbocycles. The number of aromatic nitrogens is 1. The minimum absolute atomic E-state index is 0.0358.